The van der Waals surface area contributed by atoms with Crippen LogP contribution in [0.2, 0.25) is 0 Å². The number of carbonyl (C=O) groups excluding carboxylic acids is 2. The zero-order chi connectivity index (χ0) is 22.3. The van der Waals surface area contributed by atoms with E-state index in [-0.39, 0.29) is 17.3 Å². The number of nitrogens with zero attached hydrogens (tertiary/aromatic N) is 3. The van der Waals surface area contributed by atoms with E-state index in [0.29, 0.717) is 15.8 Å². The van der Waals surface area contributed by atoms with Crippen LogP contribution >= 0.6 is 23.1 Å². The summed E-state index contributed by atoms with van der Waals surface area (Å²) < 4.78 is 36.3. The molecule has 2 rings (SSSR count). The van der Waals surface area contributed by atoms with Crippen LogP contribution in [0.15, 0.2) is 28.6 Å². The van der Waals surface area contributed by atoms with Gasteiger partial charge in [-0.2, -0.15) is 0 Å². The van der Waals surface area contributed by atoms with E-state index in [1.165, 1.54) is 14.2 Å². The number of methoxy groups -OCH3 is 2. The third kappa shape index (κ3) is 6.31. The molecule has 0 aliphatic rings. The van der Waals surface area contributed by atoms with Gasteiger partial charge in [-0.05, 0) is 18.6 Å². The molecule has 30 heavy (non-hydrogen) atoms. The monoisotopic (exact) mass is 474 g/mol. The fourth-order valence-electron chi connectivity index (χ4n) is 2.49. The number of aromatic nitrogens is 2. The third-order valence-electron chi connectivity index (χ3n) is 3.82. The molecule has 13 heteroatoms. The minimum atomic E-state index is -3.78. The van der Waals surface area contributed by atoms with Crippen LogP contribution in [0.1, 0.15) is 13.3 Å². The van der Waals surface area contributed by atoms with Crippen molar-refractivity contribution >= 4 is 55.8 Å². The normalized spacial score (nSPS) is 12.1. The number of ether oxygens (including phenoxy) is 2. The molecule has 1 N–H and O–H groups in total. The summed E-state index contributed by atoms with van der Waals surface area (Å²) in [6.45, 7) is 1.71. The molecule has 1 amide bonds. The molecule has 1 aromatic carbocycles. The number of hydrogen-bond donors (Lipinski definition) is 1. The first kappa shape index (κ1) is 23.9. The molecular formula is C17H22N4O6S3. The van der Waals surface area contributed by atoms with Crippen LogP contribution in [0.3, 0.4) is 0 Å². The molecule has 0 unspecified atom stereocenters. The predicted molar refractivity (Wildman–Crippen MR) is 116 cm³/mol. The smallest absolute Gasteiger partial charge is 0.316 e. The summed E-state index contributed by atoms with van der Waals surface area (Å²) >= 11 is 2.20. The van der Waals surface area contributed by atoms with E-state index < -0.39 is 27.9 Å². The second-order valence-corrected chi connectivity index (χ2v) is 9.97. The zero-order valence-electron chi connectivity index (χ0n) is 16.8. The lowest BCUT2D eigenvalue weighted by Crippen LogP contribution is -2.47. The Kier molecular flexibility index (Phi) is 8.43. The van der Waals surface area contributed by atoms with Gasteiger partial charge in [-0.1, -0.05) is 36.1 Å². The third-order valence-corrected chi connectivity index (χ3v) is 6.94. The van der Waals surface area contributed by atoms with Crippen molar-refractivity contribution in [3.05, 3.63) is 24.3 Å². The Labute approximate surface area is 183 Å². The number of thioether (sulfide) groups is 1. The number of amides is 1. The molecule has 0 bridgehead atoms. The Bertz CT molecular complexity index is 995. The minimum Gasteiger partial charge on any atom is -0.497 e. The molecule has 164 valence electrons. The molecule has 1 heterocycles. The molecule has 2 aromatic rings. The fourth-order valence-corrected chi connectivity index (χ4v) is 5.29. The van der Waals surface area contributed by atoms with Gasteiger partial charge in [0.25, 0.3) is 0 Å². The summed E-state index contributed by atoms with van der Waals surface area (Å²) in [5.74, 6) is -0.429. The Morgan fingerprint density at radius 1 is 1.30 bits per heavy atom. The maximum Gasteiger partial charge on any atom is 0.316 e. The van der Waals surface area contributed by atoms with Crippen molar-refractivity contribution in [2.45, 2.75) is 23.7 Å². The van der Waals surface area contributed by atoms with Gasteiger partial charge in [0, 0.05) is 6.07 Å². The summed E-state index contributed by atoms with van der Waals surface area (Å²) in [5, 5.41) is 10.6. The van der Waals surface area contributed by atoms with Gasteiger partial charge in [0.05, 0.1) is 31.9 Å². The number of rotatable bonds is 10. The summed E-state index contributed by atoms with van der Waals surface area (Å²) in [4.78, 5) is 24.1. The zero-order valence-corrected chi connectivity index (χ0v) is 19.3. The van der Waals surface area contributed by atoms with Crippen molar-refractivity contribution in [2.24, 2.45) is 0 Å². The molecular weight excluding hydrogens is 452 g/mol. The van der Waals surface area contributed by atoms with E-state index in [9.17, 15) is 18.0 Å². The highest BCUT2D eigenvalue weighted by molar-refractivity contribution is 8.01. The van der Waals surface area contributed by atoms with E-state index in [1.54, 1.807) is 31.2 Å². The maximum absolute atomic E-state index is 12.9. The molecule has 1 atom stereocenters. The molecule has 0 saturated carbocycles. The second-order valence-electron chi connectivity index (χ2n) is 5.91. The number of anilines is 2. The SMILES string of the molecule is CC[C@H](C(=O)Nc1nnc(SCC(=O)OC)s1)N(c1cccc(OC)c1)S(C)(=O)=O. The highest BCUT2D eigenvalue weighted by atomic mass is 32.2. The van der Waals surface area contributed by atoms with Crippen molar-refractivity contribution in [1.29, 1.82) is 0 Å². The van der Waals surface area contributed by atoms with Gasteiger partial charge in [0.2, 0.25) is 21.1 Å². The number of nitrogens with one attached hydrogen (secondary N) is 1. The topological polar surface area (TPSA) is 128 Å². The summed E-state index contributed by atoms with van der Waals surface area (Å²) in [6, 6.07) is 5.45. The quantitative estimate of drug-likeness (QED) is 0.312. The van der Waals surface area contributed by atoms with Crippen LogP contribution in [0.25, 0.3) is 0 Å². The van der Waals surface area contributed by atoms with Crippen molar-refractivity contribution in [1.82, 2.24) is 10.2 Å². The Balaban J connectivity index is 2.22. The fraction of sp³-hybridized carbons (Fsp3) is 0.412. The average Bonchev–Trinajstić information content (AvgIpc) is 3.16. The number of esters is 1. The number of hydrogen-bond acceptors (Lipinski definition) is 10. The molecule has 1 aromatic heterocycles. The van der Waals surface area contributed by atoms with Gasteiger partial charge in [0.15, 0.2) is 4.34 Å². The van der Waals surface area contributed by atoms with Gasteiger partial charge < -0.3 is 9.47 Å². The molecule has 0 saturated heterocycles. The molecule has 0 spiro atoms. The second kappa shape index (κ2) is 10.6. The Morgan fingerprint density at radius 3 is 2.63 bits per heavy atom. The number of carbonyl (C=O) groups is 2. The highest BCUT2D eigenvalue weighted by Crippen LogP contribution is 2.28. The molecule has 10 nitrogen and oxygen atoms in total. The van der Waals surface area contributed by atoms with Crippen molar-refractivity contribution in [3.8, 4) is 5.75 Å². The number of sulfonamides is 1. The summed E-state index contributed by atoms with van der Waals surface area (Å²) in [7, 11) is -1.02. The lowest BCUT2D eigenvalue weighted by atomic mass is 10.2. The Hall–Kier alpha value is -2.38. The van der Waals surface area contributed by atoms with Crippen LogP contribution in [-0.4, -0.2) is 62.8 Å². The van der Waals surface area contributed by atoms with E-state index in [0.717, 1.165) is 33.7 Å². The van der Waals surface area contributed by atoms with Crippen molar-refractivity contribution in [2.75, 3.05) is 35.9 Å². The van der Waals surface area contributed by atoms with Crippen LogP contribution in [0, 0.1) is 0 Å². The van der Waals surface area contributed by atoms with Gasteiger partial charge in [-0.25, -0.2) is 8.42 Å². The van der Waals surface area contributed by atoms with Crippen LogP contribution in [0.5, 0.6) is 5.75 Å². The first-order valence-corrected chi connectivity index (χ1v) is 12.3. The van der Waals surface area contributed by atoms with E-state index in [2.05, 4.69) is 20.3 Å². The molecule has 0 aliphatic heterocycles. The van der Waals surface area contributed by atoms with Gasteiger partial charge >= 0.3 is 5.97 Å². The first-order chi connectivity index (χ1) is 14.2. The standard InChI is InChI=1S/C17H22N4O6S3/c1-5-13(21(30(4,24)25)11-7-6-8-12(9-11)26-2)15(23)18-16-19-20-17(29-16)28-10-14(22)27-3/h6-9,13H,5,10H2,1-4H3,(H,18,19,23)/t13-/m1/s1. The number of benzene rings is 1. The van der Waals surface area contributed by atoms with E-state index >= 15 is 0 Å². The lowest BCUT2D eigenvalue weighted by Gasteiger charge is -2.29. The van der Waals surface area contributed by atoms with Gasteiger partial charge in [0.1, 0.15) is 11.8 Å². The van der Waals surface area contributed by atoms with Crippen molar-refractivity contribution in [3.63, 3.8) is 0 Å². The van der Waals surface area contributed by atoms with Crippen LogP contribution in [-0.2, 0) is 24.3 Å². The molecule has 0 aliphatic carbocycles. The molecule has 0 radical (unpaired) electrons. The largest absolute Gasteiger partial charge is 0.497 e. The summed E-state index contributed by atoms with van der Waals surface area (Å²) in [6.07, 6.45) is 1.26. The Morgan fingerprint density at radius 2 is 2.03 bits per heavy atom. The van der Waals surface area contributed by atoms with Crippen LogP contribution in [0.4, 0.5) is 10.8 Å². The highest BCUT2D eigenvalue weighted by Gasteiger charge is 2.32. The first-order valence-electron chi connectivity index (χ1n) is 8.67. The van der Waals surface area contributed by atoms with Gasteiger partial charge in [-0.3, -0.25) is 19.2 Å². The predicted octanol–water partition coefficient (Wildman–Crippen LogP) is 2.00. The average molecular weight is 475 g/mol. The summed E-state index contributed by atoms with van der Waals surface area (Å²) in [5.41, 5.74) is 0.311. The molecule has 0 fully saturated rings. The lowest BCUT2D eigenvalue weighted by molar-refractivity contribution is -0.137. The van der Waals surface area contributed by atoms with Gasteiger partial charge in [-0.15, -0.1) is 10.2 Å². The minimum absolute atomic E-state index is 0.0639. The van der Waals surface area contributed by atoms with E-state index in [1.807, 2.05) is 0 Å². The van der Waals surface area contributed by atoms with Crippen LogP contribution < -0.4 is 14.4 Å². The van der Waals surface area contributed by atoms with E-state index in [4.69, 9.17) is 4.74 Å². The maximum atomic E-state index is 12.9. The van der Waals surface area contributed by atoms with Crippen molar-refractivity contribution < 1.29 is 27.5 Å².